The van der Waals surface area contributed by atoms with Gasteiger partial charge in [0.15, 0.2) is 5.65 Å². The first-order valence-electron chi connectivity index (χ1n) is 4.50. The molecule has 80 valence electrons. The Hall–Kier alpha value is -0.720. The lowest BCUT2D eigenvalue weighted by atomic mass is 10.3. The van der Waals surface area contributed by atoms with E-state index in [2.05, 4.69) is 46.8 Å². The van der Waals surface area contributed by atoms with Crippen LogP contribution >= 0.6 is 43.2 Å². The van der Waals surface area contributed by atoms with E-state index in [0.29, 0.717) is 0 Å². The van der Waals surface area contributed by atoms with E-state index in [9.17, 15) is 0 Å². The van der Waals surface area contributed by atoms with Gasteiger partial charge in [0.1, 0.15) is 5.82 Å². The summed E-state index contributed by atoms with van der Waals surface area (Å²) in [5, 5.41) is 0. The van der Waals surface area contributed by atoms with Crippen LogP contribution in [-0.4, -0.2) is 15.0 Å². The van der Waals surface area contributed by atoms with E-state index in [-0.39, 0.29) is 0 Å². The smallest absolute Gasteiger partial charge is 0.178 e. The molecule has 0 unspecified atom stereocenters. The molecule has 0 radical (unpaired) electrons. The van der Waals surface area contributed by atoms with Crippen molar-refractivity contribution in [2.75, 3.05) is 0 Å². The Labute approximate surface area is 112 Å². The van der Waals surface area contributed by atoms with Crippen LogP contribution in [0.15, 0.2) is 32.0 Å². The average molecular weight is 359 g/mol. The molecule has 0 aliphatic heterocycles. The first-order chi connectivity index (χ1) is 7.74. The molecular weight excluding hydrogens is 354 g/mol. The second-order valence-electron chi connectivity index (χ2n) is 3.20. The van der Waals surface area contributed by atoms with Gasteiger partial charge < -0.3 is 4.98 Å². The number of hydrogen-bond acceptors (Lipinski definition) is 3. The molecule has 0 spiro atoms. The molecule has 3 heterocycles. The third-order valence-electron chi connectivity index (χ3n) is 2.17. The Bertz CT molecular complexity index is 626. The summed E-state index contributed by atoms with van der Waals surface area (Å²) in [5.74, 6) is 0.836. The zero-order valence-corrected chi connectivity index (χ0v) is 11.9. The molecule has 0 bridgehead atoms. The minimum Gasteiger partial charge on any atom is -0.337 e. The van der Waals surface area contributed by atoms with Crippen molar-refractivity contribution >= 4 is 54.4 Å². The largest absolute Gasteiger partial charge is 0.337 e. The monoisotopic (exact) mass is 357 g/mol. The molecule has 0 aromatic carbocycles. The first kappa shape index (κ1) is 10.4. The SMILES string of the molecule is Brc1cc(-c2nc3ncccc3[nH]2)c(Br)s1. The average Bonchev–Trinajstić information content (AvgIpc) is 2.81. The minimum atomic E-state index is 0.742. The summed E-state index contributed by atoms with van der Waals surface area (Å²) in [6.07, 6.45) is 1.74. The molecule has 6 heteroatoms. The van der Waals surface area contributed by atoms with Gasteiger partial charge in [0, 0.05) is 11.8 Å². The number of nitrogens with zero attached hydrogens (tertiary/aromatic N) is 2. The van der Waals surface area contributed by atoms with E-state index >= 15 is 0 Å². The maximum Gasteiger partial charge on any atom is 0.178 e. The summed E-state index contributed by atoms with van der Waals surface area (Å²) in [7, 11) is 0. The van der Waals surface area contributed by atoms with E-state index in [1.807, 2.05) is 18.2 Å². The fourth-order valence-corrected chi connectivity index (χ4v) is 4.28. The number of thiophene rings is 1. The van der Waals surface area contributed by atoms with Crippen molar-refractivity contribution in [1.82, 2.24) is 15.0 Å². The topological polar surface area (TPSA) is 41.6 Å². The van der Waals surface area contributed by atoms with Gasteiger partial charge in [-0.15, -0.1) is 11.3 Å². The zero-order chi connectivity index (χ0) is 11.1. The molecule has 1 N–H and O–H groups in total. The van der Waals surface area contributed by atoms with Crippen LogP contribution in [0.2, 0.25) is 0 Å². The maximum absolute atomic E-state index is 4.45. The summed E-state index contributed by atoms with van der Waals surface area (Å²) in [5.41, 5.74) is 2.74. The maximum atomic E-state index is 4.45. The highest BCUT2D eigenvalue weighted by atomic mass is 79.9. The normalized spacial score (nSPS) is 11.1. The molecule has 3 aromatic heterocycles. The van der Waals surface area contributed by atoms with E-state index in [4.69, 9.17) is 0 Å². The Kier molecular flexibility index (Phi) is 2.57. The fourth-order valence-electron chi connectivity index (χ4n) is 1.47. The molecule has 0 aliphatic rings. The summed E-state index contributed by atoms with van der Waals surface area (Å²) >= 11 is 8.60. The molecule has 0 amide bonds. The number of rotatable bonds is 1. The molecular formula is C10H5Br2N3S. The summed E-state index contributed by atoms with van der Waals surface area (Å²) < 4.78 is 2.13. The molecule has 0 aliphatic carbocycles. The quantitative estimate of drug-likeness (QED) is 0.707. The molecule has 3 rings (SSSR count). The lowest BCUT2D eigenvalue weighted by Gasteiger charge is -1.90. The number of aromatic amines is 1. The van der Waals surface area contributed by atoms with Crippen molar-refractivity contribution < 1.29 is 0 Å². The Balaban J connectivity index is 2.22. The van der Waals surface area contributed by atoms with Gasteiger partial charge in [0.05, 0.1) is 13.1 Å². The highest BCUT2D eigenvalue weighted by Crippen LogP contribution is 2.37. The van der Waals surface area contributed by atoms with Gasteiger partial charge in [-0.25, -0.2) is 9.97 Å². The van der Waals surface area contributed by atoms with Gasteiger partial charge >= 0.3 is 0 Å². The van der Waals surface area contributed by atoms with Gasteiger partial charge in [-0.3, -0.25) is 0 Å². The lowest BCUT2D eigenvalue weighted by molar-refractivity contribution is 1.30. The van der Waals surface area contributed by atoms with Crippen LogP contribution in [0, 0.1) is 0 Å². The molecule has 0 atom stereocenters. The minimum absolute atomic E-state index is 0.742. The first-order valence-corrected chi connectivity index (χ1v) is 6.90. The Morgan fingerprint density at radius 1 is 1.31 bits per heavy atom. The van der Waals surface area contributed by atoms with Crippen LogP contribution in [0.5, 0.6) is 0 Å². The van der Waals surface area contributed by atoms with Crippen molar-refractivity contribution in [3.63, 3.8) is 0 Å². The van der Waals surface area contributed by atoms with E-state index in [0.717, 1.165) is 30.1 Å². The fraction of sp³-hybridized carbons (Fsp3) is 0. The third-order valence-corrected chi connectivity index (χ3v) is 4.51. The van der Waals surface area contributed by atoms with E-state index in [1.165, 1.54) is 0 Å². The highest BCUT2D eigenvalue weighted by Gasteiger charge is 2.11. The van der Waals surface area contributed by atoms with Crippen molar-refractivity contribution in [1.29, 1.82) is 0 Å². The molecule has 3 aromatic rings. The summed E-state index contributed by atoms with van der Waals surface area (Å²) in [4.78, 5) is 11.9. The standard InChI is InChI=1S/C10H5Br2N3S/c11-7-4-5(8(12)16-7)9-14-6-2-1-3-13-10(6)15-9/h1-4H,(H,13,14,15). The predicted molar refractivity (Wildman–Crippen MR) is 72.6 cm³/mol. The van der Waals surface area contributed by atoms with Crippen LogP contribution in [0.3, 0.4) is 0 Å². The second-order valence-corrected chi connectivity index (χ2v) is 6.95. The number of hydrogen-bond donors (Lipinski definition) is 1. The lowest BCUT2D eigenvalue weighted by Crippen LogP contribution is -1.76. The second kappa shape index (κ2) is 3.94. The van der Waals surface area contributed by atoms with Crippen LogP contribution in [0.25, 0.3) is 22.6 Å². The van der Waals surface area contributed by atoms with Crippen LogP contribution in [0.4, 0.5) is 0 Å². The van der Waals surface area contributed by atoms with Crippen LogP contribution in [0.1, 0.15) is 0 Å². The number of nitrogens with one attached hydrogen (secondary N) is 1. The third kappa shape index (κ3) is 1.70. The predicted octanol–water partition coefficient (Wildman–Crippen LogP) is 4.21. The number of imidazole rings is 1. The number of fused-ring (bicyclic) bond motifs is 1. The number of halogens is 2. The van der Waals surface area contributed by atoms with E-state index in [1.54, 1.807) is 17.5 Å². The molecule has 0 saturated heterocycles. The van der Waals surface area contributed by atoms with Crippen LogP contribution in [-0.2, 0) is 0 Å². The molecule has 16 heavy (non-hydrogen) atoms. The van der Waals surface area contributed by atoms with Gasteiger partial charge in [-0.2, -0.15) is 0 Å². The number of aromatic nitrogens is 3. The van der Waals surface area contributed by atoms with Gasteiger partial charge in [-0.1, -0.05) is 0 Å². The van der Waals surface area contributed by atoms with Gasteiger partial charge in [0.25, 0.3) is 0 Å². The Morgan fingerprint density at radius 2 is 2.19 bits per heavy atom. The summed E-state index contributed by atoms with van der Waals surface area (Å²) in [6, 6.07) is 5.89. The van der Waals surface area contributed by atoms with Crippen molar-refractivity contribution in [3.8, 4) is 11.4 Å². The molecule has 0 saturated carbocycles. The highest BCUT2D eigenvalue weighted by molar-refractivity contribution is 9.12. The van der Waals surface area contributed by atoms with Crippen molar-refractivity contribution in [2.45, 2.75) is 0 Å². The van der Waals surface area contributed by atoms with Crippen molar-refractivity contribution in [2.24, 2.45) is 0 Å². The van der Waals surface area contributed by atoms with E-state index < -0.39 is 0 Å². The Morgan fingerprint density at radius 3 is 2.88 bits per heavy atom. The molecule has 3 nitrogen and oxygen atoms in total. The zero-order valence-electron chi connectivity index (χ0n) is 7.87. The number of pyridine rings is 1. The van der Waals surface area contributed by atoms with Gasteiger partial charge in [0.2, 0.25) is 0 Å². The van der Waals surface area contributed by atoms with Gasteiger partial charge in [-0.05, 0) is 50.1 Å². The number of H-pyrrole nitrogens is 1. The van der Waals surface area contributed by atoms with Crippen LogP contribution < -0.4 is 0 Å². The van der Waals surface area contributed by atoms with Crippen molar-refractivity contribution in [3.05, 3.63) is 32.0 Å². The molecule has 0 fully saturated rings. The summed E-state index contributed by atoms with van der Waals surface area (Å²) in [6.45, 7) is 0.